The molecular formula is C20H13BrCl3N3O2. The molecule has 0 aliphatic heterocycles. The molecule has 3 aromatic rings. The van der Waals surface area contributed by atoms with Gasteiger partial charge in [0.05, 0.1) is 21.3 Å². The Labute approximate surface area is 190 Å². The number of aromatic nitrogens is 1. The van der Waals surface area contributed by atoms with Gasteiger partial charge in [-0.1, -0.05) is 53.0 Å². The van der Waals surface area contributed by atoms with E-state index in [9.17, 15) is 4.79 Å². The van der Waals surface area contributed by atoms with Crippen LogP contribution in [0, 0.1) is 0 Å². The first kappa shape index (κ1) is 21.6. The Kier molecular flexibility index (Phi) is 7.50. The van der Waals surface area contributed by atoms with Crippen LogP contribution in [0.2, 0.25) is 15.2 Å². The van der Waals surface area contributed by atoms with E-state index in [4.69, 9.17) is 39.5 Å². The summed E-state index contributed by atoms with van der Waals surface area (Å²) in [5.41, 5.74) is 4.13. The summed E-state index contributed by atoms with van der Waals surface area (Å²) < 4.78 is 6.44. The predicted octanol–water partition coefficient (Wildman–Crippen LogP) is 6.15. The number of halogens is 4. The summed E-state index contributed by atoms with van der Waals surface area (Å²) in [7, 11) is 0. The highest BCUT2D eigenvalue weighted by Crippen LogP contribution is 2.35. The molecule has 2 aromatic carbocycles. The van der Waals surface area contributed by atoms with Crippen LogP contribution in [0.5, 0.6) is 5.75 Å². The standard InChI is InChI=1S/C20H13BrCl3N3O2/c21-15-8-12(10-26-27-20(28)14-5-3-7-25-19(14)24)9-17(23)18(15)29-11-13-4-1-2-6-16(13)22/h1-10H,11H2,(H,27,28). The Morgan fingerprint density at radius 2 is 1.93 bits per heavy atom. The topological polar surface area (TPSA) is 63.6 Å². The summed E-state index contributed by atoms with van der Waals surface area (Å²) >= 11 is 21.8. The third kappa shape index (κ3) is 5.70. The van der Waals surface area contributed by atoms with Crippen molar-refractivity contribution in [3.63, 3.8) is 0 Å². The van der Waals surface area contributed by atoms with E-state index in [0.717, 1.165) is 5.56 Å². The molecule has 1 aromatic heterocycles. The first-order valence-corrected chi connectivity index (χ1v) is 10.2. The number of amides is 1. The lowest BCUT2D eigenvalue weighted by molar-refractivity contribution is 0.0955. The van der Waals surface area contributed by atoms with Gasteiger partial charge in [0, 0.05) is 16.8 Å². The van der Waals surface area contributed by atoms with Gasteiger partial charge in [0.15, 0.2) is 5.75 Å². The van der Waals surface area contributed by atoms with Crippen LogP contribution >= 0.6 is 50.7 Å². The van der Waals surface area contributed by atoms with Gasteiger partial charge in [0.2, 0.25) is 0 Å². The van der Waals surface area contributed by atoms with Crippen molar-refractivity contribution in [1.82, 2.24) is 10.4 Å². The van der Waals surface area contributed by atoms with E-state index in [-0.39, 0.29) is 17.3 Å². The van der Waals surface area contributed by atoms with Crippen molar-refractivity contribution >= 4 is 62.9 Å². The molecule has 1 N–H and O–H groups in total. The smallest absolute Gasteiger partial charge is 0.274 e. The predicted molar refractivity (Wildman–Crippen MR) is 119 cm³/mol. The monoisotopic (exact) mass is 511 g/mol. The van der Waals surface area contributed by atoms with Gasteiger partial charge in [-0.25, -0.2) is 10.4 Å². The van der Waals surface area contributed by atoms with Crippen molar-refractivity contribution in [1.29, 1.82) is 0 Å². The second-order valence-corrected chi connectivity index (χ2v) is 7.76. The van der Waals surface area contributed by atoms with E-state index in [1.165, 1.54) is 12.4 Å². The lowest BCUT2D eigenvalue weighted by Crippen LogP contribution is -2.18. The second kappa shape index (κ2) is 10.1. The van der Waals surface area contributed by atoms with Crippen LogP contribution in [-0.2, 0) is 6.61 Å². The van der Waals surface area contributed by atoms with Crippen LogP contribution in [0.4, 0.5) is 0 Å². The molecule has 0 aliphatic carbocycles. The molecular weight excluding hydrogens is 501 g/mol. The fraction of sp³-hybridized carbons (Fsp3) is 0.0500. The number of benzene rings is 2. The van der Waals surface area contributed by atoms with Crippen molar-refractivity contribution < 1.29 is 9.53 Å². The Hall–Kier alpha value is -2.12. The van der Waals surface area contributed by atoms with Crippen molar-refractivity contribution in [2.45, 2.75) is 6.61 Å². The molecule has 0 spiro atoms. The number of nitrogens with one attached hydrogen (secondary N) is 1. The summed E-state index contributed by atoms with van der Waals surface area (Å²) in [4.78, 5) is 15.9. The van der Waals surface area contributed by atoms with Crippen molar-refractivity contribution in [3.8, 4) is 5.75 Å². The first-order valence-electron chi connectivity index (χ1n) is 8.25. The minimum absolute atomic E-state index is 0.103. The maximum absolute atomic E-state index is 12.1. The normalized spacial score (nSPS) is 10.9. The maximum atomic E-state index is 12.1. The molecule has 0 saturated carbocycles. The highest BCUT2D eigenvalue weighted by molar-refractivity contribution is 9.10. The van der Waals surface area contributed by atoms with E-state index >= 15 is 0 Å². The number of pyridine rings is 1. The summed E-state index contributed by atoms with van der Waals surface area (Å²) in [6.45, 7) is 0.271. The van der Waals surface area contributed by atoms with E-state index in [0.29, 0.717) is 25.8 Å². The van der Waals surface area contributed by atoms with Gasteiger partial charge in [-0.2, -0.15) is 5.10 Å². The Morgan fingerprint density at radius 3 is 2.66 bits per heavy atom. The largest absolute Gasteiger partial charge is 0.486 e. The maximum Gasteiger partial charge on any atom is 0.274 e. The van der Waals surface area contributed by atoms with Gasteiger partial charge < -0.3 is 4.74 Å². The number of nitrogens with zero attached hydrogens (tertiary/aromatic N) is 2. The number of ether oxygens (including phenoxy) is 1. The molecule has 9 heteroatoms. The number of hydrazone groups is 1. The Bertz CT molecular complexity index is 1050. The molecule has 1 heterocycles. The number of hydrogen-bond acceptors (Lipinski definition) is 4. The van der Waals surface area contributed by atoms with Gasteiger partial charge in [0.25, 0.3) is 5.91 Å². The SMILES string of the molecule is O=C(NN=Cc1cc(Cl)c(OCc2ccccc2Cl)c(Br)c1)c1cccnc1Cl. The summed E-state index contributed by atoms with van der Waals surface area (Å²) in [6.07, 6.45) is 2.95. The van der Waals surface area contributed by atoms with E-state index < -0.39 is 5.91 Å². The lowest BCUT2D eigenvalue weighted by Gasteiger charge is -2.12. The summed E-state index contributed by atoms with van der Waals surface area (Å²) in [6, 6.07) is 14.0. The van der Waals surface area contributed by atoms with Gasteiger partial charge in [-0.3, -0.25) is 4.79 Å². The van der Waals surface area contributed by atoms with Crippen LogP contribution < -0.4 is 10.2 Å². The molecule has 1 amide bonds. The van der Waals surface area contributed by atoms with Crippen LogP contribution in [0.15, 0.2) is 64.3 Å². The number of carbonyl (C=O) groups excluding carboxylic acids is 1. The lowest BCUT2D eigenvalue weighted by atomic mass is 10.2. The van der Waals surface area contributed by atoms with Crippen LogP contribution in [0.3, 0.4) is 0 Å². The molecule has 0 fully saturated rings. The van der Waals surface area contributed by atoms with Crippen molar-refractivity contribution in [3.05, 3.63) is 91.1 Å². The average molecular weight is 514 g/mol. The molecule has 0 radical (unpaired) electrons. The van der Waals surface area contributed by atoms with Crippen LogP contribution in [0.1, 0.15) is 21.5 Å². The summed E-state index contributed by atoms with van der Waals surface area (Å²) in [5, 5.41) is 5.03. The quantitative estimate of drug-likeness (QED) is 0.244. The van der Waals surface area contributed by atoms with Gasteiger partial charge in [-0.05, 0) is 51.8 Å². The fourth-order valence-electron chi connectivity index (χ4n) is 2.34. The zero-order valence-electron chi connectivity index (χ0n) is 14.7. The highest BCUT2D eigenvalue weighted by atomic mass is 79.9. The molecule has 0 unspecified atom stereocenters. The third-order valence-corrected chi connectivity index (χ3v) is 5.27. The van der Waals surface area contributed by atoms with Crippen molar-refractivity contribution in [2.75, 3.05) is 0 Å². The summed E-state index contributed by atoms with van der Waals surface area (Å²) in [5.74, 6) is 0.0131. The molecule has 0 saturated heterocycles. The molecule has 0 bridgehead atoms. The molecule has 0 atom stereocenters. The second-order valence-electron chi connectivity index (χ2n) is 5.73. The van der Waals surface area contributed by atoms with Gasteiger partial charge in [0.1, 0.15) is 11.8 Å². The minimum atomic E-state index is -0.468. The van der Waals surface area contributed by atoms with Gasteiger partial charge >= 0.3 is 0 Å². The Morgan fingerprint density at radius 1 is 1.14 bits per heavy atom. The van der Waals surface area contributed by atoms with Crippen molar-refractivity contribution in [2.24, 2.45) is 5.10 Å². The van der Waals surface area contributed by atoms with E-state index in [1.807, 2.05) is 18.2 Å². The molecule has 5 nitrogen and oxygen atoms in total. The molecule has 29 heavy (non-hydrogen) atoms. The first-order chi connectivity index (χ1) is 14.0. The Balaban J connectivity index is 1.67. The average Bonchev–Trinajstić information content (AvgIpc) is 2.69. The van der Waals surface area contributed by atoms with E-state index in [1.54, 1.807) is 30.3 Å². The van der Waals surface area contributed by atoms with E-state index in [2.05, 4.69) is 31.4 Å². The zero-order chi connectivity index (χ0) is 20.8. The number of rotatable bonds is 6. The fourth-order valence-corrected chi connectivity index (χ4v) is 3.72. The molecule has 148 valence electrons. The zero-order valence-corrected chi connectivity index (χ0v) is 18.6. The third-order valence-electron chi connectivity index (χ3n) is 3.73. The molecule has 0 aliphatic rings. The van der Waals surface area contributed by atoms with Crippen LogP contribution in [0.25, 0.3) is 0 Å². The number of carbonyl (C=O) groups is 1. The van der Waals surface area contributed by atoms with Gasteiger partial charge in [-0.15, -0.1) is 0 Å². The van der Waals surface area contributed by atoms with Crippen LogP contribution in [-0.4, -0.2) is 17.1 Å². The minimum Gasteiger partial charge on any atom is -0.486 e. The number of hydrogen-bond donors (Lipinski definition) is 1. The molecule has 3 rings (SSSR count). The highest BCUT2D eigenvalue weighted by Gasteiger charge is 2.11.